The van der Waals surface area contributed by atoms with E-state index in [1.54, 1.807) is 50.6 Å². The molecule has 0 bridgehead atoms. The lowest BCUT2D eigenvalue weighted by Crippen LogP contribution is -2.03. The van der Waals surface area contributed by atoms with Crippen molar-refractivity contribution in [1.82, 2.24) is 4.98 Å². The number of hydrogen-bond acceptors (Lipinski definition) is 8. The zero-order valence-corrected chi connectivity index (χ0v) is 16.6. The van der Waals surface area contributed by atoms with Gasteiger partial charge in [-0.3, -0.25) is 0 Å². The Morgan fingerprint density at radius 3 is 2.14 bits per heavy atom. The SMILES string of the molecule is COc1ccc(Sc2nc(N)c(C#N)c(-c3ccc(N)cc3)c2C#N)cc1OC. The average Bonchev–Trinajstić information content (AvgIpc) is 2.74. The van der Waals surface area contributed by atoms with E-state index < -0.39 is 0 Å². The average molecular weight is 403 g/mol. The molecule has 29 heavy (non-hydrogen) atoms. The lowest BCUT2D eigenvalue weighted by atomic mass is 9.97. The third-order valence-electron chi connectivity index (χ3n) is 4.18. The number of aromatic nitrogens is 1. The molecule has 0 radical (unpaired) electrons. The van der Waals surface area contributed by atoms with Gasteiger partial charge in [-0.1, -0.05) is 23.9 Å². The summed E-state index contributed by atoms with van der Waals surface area (Å²) in [6, 6.07) is 16.5. The predicted molar refractivity (Wildman–Crippen MR) is 112 cm³/mol. The van der Waals surface area contributed by atoms with Crippen LogP contribution in [0.25, 0.3) is 11.1 Å². The molecule has 2 aromatic carbocycles. The van der Waals surface area contributed by atoms with Gasteiger partial charge in [-0.25, -0.2) is 4.98 Å². The number of ether oxygens (including phenoxy) is 2. The first-order chi connectivity index (χ1) is 14.0. The van der Waals surface area contributed by atoms with Crippen LogP contribution in [0.3, 0.4) is 0 Å². The summed E-state index contributed by atoms with van der Waals surface area (Å²) in [5.41, 5.74) is 13.9. The predicted octanol–water partition coefficient (Wildman–Crippen LogP) is 3.82. The van der Waals surface area contributed by atoms with Crippen molar-refractivity contribution in [2.45, 2.75) is 9.92 Å². The van der Waals surface area contributed by atoms with Crippen LogP contribution in [0.5, 0.6) is 11.5 Å². The van der Waals surface area contributed by atoms with E-state index in [-0.39, 0.29) is 16.9 Å². The molecule has 0 aliphatic rings. The fourth-order valence-electron chi connectivity index (χ4n) is 2.80. The molecule has 0 saturated carbocycles. The van der Waals surface area contributed by atoms with Gasteiger partial charge in [0.15, 0.2) is 11.5 Å². The molecule has 0 aliphatic heterocycles. The minimum Gasteiger partial charge on any atom is -0.493 e. The van der Waals surface area contributed by atoms with Crippen molar-refractivity contribution in [2.75, 3.05) is 25.7 Å². The molecule has 0 saturated heterocycles. The van der Waals surface area contributed by atoms with E-state index in [1.165, 1.54) is 11.8 Å². The third-order valence-corrected chi connectivity index (χ3v) is 5.16. The molecular formula is C21H17N5O2S. The van der Waals surface area contributed by atoms with Gasteiger partial charge in [0, 0.05) is 16.1 Å². The molecule has 8 heteroatoms. The number of anilines is 2. The Bertz CT molecular complexity index is 1150. The number of benzene rings is 2. The molecule has 144 valence electrons. The first-order valence-corrected chi connectivity index (χ1v) is 9.23. The maximum absolute atomic E-state index is 9.86. The number of nitrogens with zero attached hydrogens (tertiary/aromatic N) is 3. The molecule has 0 fully saturated rings. The summed E-state index contributed by atoms with van der Waals surface area (Å²) in [6.07, 6.45) is 0. The third kappa shape index (κ3) is 3.88. The van der Waals surface area contributed by atoms with Crippen LogP contribution in [0.2, 0.25) is 0 Å². The number of nitrogens with two attached hydrogens (primary N) is 2. The fraction of sp³-hybridized carbons (Fsp3) is 0.0952. The molecule has 4 N–H and O–H groups in total. The van der Waals surface area contributed by atoms with Crippen molar-refractivity contribution in [3.63, 3.8) is 0 Å². The monoisotopic (exact) mass is 403 g/mol. The van der Waals surface area contributed by atoms with E-state index in [9.17, 15) is 10.5 Å². The number of methoxy groups -OCH3 is 2. The van der Waals surface area contributed by atoms with Crippen molar-refractivity contribution in [2.24, 2.45) is 0 Å². The van der Waals surface area contributed by atoms with Gasteiger partial charge in [-0.05, 0) is 35.9 Å². The van der Waals surface area contributed by atoms with Crippen molar-refractivity contribution < 1.29 is 9.47 Å². The fourth-order valence-corrected chi connectivity index (χ4v) is 3.72. The molecule has 3 rings (SSSR count). The van der Waals surface area contributed by atoms with E-state index >= 15 is 0 Å². The topological polar surface area (TPSA) is 131 Å². The summed E-state index contributed by atoms with van der Waals surface area (Å²) in [7, 11) is 3.10. The Morgan fingerprint density at radius 2 is 1.55 bits per heavy atom. The summed E-state index contributed by atoms with van der Waals surface area (Å²) in [5.74, 6) is 1.20. The second kappa shape index (κ2) is 8.42. The van der Waals surface area contributed by atoms with Gasteiger partial charge in [0.2, 0.25) is 0 Å². The summed E-state index contributed by atoms with van der Waals surface area (Å²) in [5, 5.41) is 19.9. The van der Waals surface area contributed by atoms with Crippen LogP contribution >= 0.6 is 11.8 Å². The van der Waals surface area contributed by atoms with Crippen molar-refractivity contribution >= 4 is 23.3 Å². The van der Waals surface area contributed by atoms with Crippen LogP contribution in [0.1, 0.15) is 11.1 Å². The van der Waals surface area contributed by atoms with Crippen molar-refractivity contribution in [3.05, 3.63) is 53.6 Å². The summed E-state index contributed by atoms with van der Waals surface area (Å²) < 4.78 is 10.6. The standard InChI is InChI=1S/C21H17N5O2S/c1-27-17-8-7-14(9-18(17)28-2)29-21-16(11-23)19(15(10-22)20(25)26-21)12-3-5-13(24)6-4-12/h3-9H,24H2,1-2H3,(H2,25,26). The second-order valence-corrected chi connectivity index (χ2v) is 6.95. The van der Waals surface area contributed by atoms with Crippen LogP contribution in [0.15, 0.2) is 52.4 Å². The number of pyridine rings is 1. The normalized spacial score (nSPS) is 10.1. The van der Waals surface area contributed by atoms with Gasteiger partial charge in [-0.15, -0.1) is 0 Å². The van der Waals surface area contributed by atoms with E-state index in [1.807, 2.05) is 6.07 Å². The zero-order chi connectivity index (χ0) is 21.0. The molecule has 0 atom stereocenters. The summed E-state index contributed by atoms with van der Waals surface area (Å²) >= 11 is 1.25. The minimum atomic E-state index is 0.0568. The van der Waals surface area contributed by atoms with E-state index in [0.29, 0.717) is 33.3 Å². The van der Waals surface area contributed by atoms with Gasteiger partial charge in [0.05, 0.1) is 19.8 Å². The maximum atomic E-state index is 9.86. The molecule has 0 aliphatic carbocycles. The first kappa shape index (κ1) is 19.9. The molecular weight excluding hydrogens is 386 g/mol. The highest BCUT2D eigenvalue weighted by Gasteiger charge is 2.21. The number of hydrogen-bond donors (Lipinski definition) is 2. The molecule has 1 aromatic heterocycles. The largest absolute Gasteiger partial charge is 0.493 e. The highest BCUT2D eigenvalue weighted by Crippen LogP contribution is 2.40. The molecule has 0 spiro atoms. The van der Waals surface area contributed by atoms with Crippen LogP contribution in [0.4, 0.5) is 11.5 Å². The second-order valence-electron chi connectivity index (χ2n) is 5.89. The Morgan fingerprint density at radius 1 is 0.897 bits per heavy atom. The zero-order valence-electron chi connectivity index (χ0n) is 15.8. The Balaban J connectivity index is 2.17. The van der Waals surface area contributed by atoms with Gasteiger partial charge < -0.3 is 20.9 Å². The van der Waals surface area contributed by atoms with Crippen LogP contribution in [-0.2, 0) is 0 Å². The molecule has 1 heterocycles. The molecule has 3 aromatic rings. The van der Waals surface area contributed by atoms with E-state index in [0.717, 1.165) is 4.90 Å². The van der Waals surface area contributed by atoms with Crippen molar-refractivity contribution in [3.8, 4) is 34.8 Å². The number of rotatable bonds is 5. The summed E-state index contributed by atoms with van der Waals surface area (Å²) in [6.45, 7) is 0. The lowest BCUT2D eigenvalue weighted by Gasteiger charge is -2.14. The maximum Gasteiger partial charge on any atom is 0.161 e. The van der Waals surface area contributed by atoms with E-state index in [2.05, 4.69) is 17.1 Å². The molecule has 7 nitrogen and oxygen atoms in total. The number of nitrogen functional groups attached to an aromatic ring is 2. The first-order valence-electron chi connectivity index (χ1n) is 8.41. The van der Waals surface area contributed by atoms with Gasteiger partial charge in [0.1, 0.15) is 28.5 Å². The van der Waals surface area contributed by atoms with E-state index in [4.69, 9.17) is 20.9 Å². The van der Waals surface area contributed by atoms with Crippen molar-refractivity contribution in [1.29, 1.82) is 10.5 Å². The molecule has 0 unspecified atom stereocenters. The Labute approximate surface area is 172 Å². The van der Waals surface area contributed by atoms with Crippen LogP contribution in [0, 0.1) is 22.7 Å². The van der Waals surface area contributed by atoms with Crippen LogP contribution < -0.4 is 20.9 Å². The molecule has 0 amide bonds. The smallest absolute Gasteiger partial charge is 0.161 e. The Hall–Kier alpha value is -3.88. The van der Waals surface area contributed by atoms with Gasteiger partial charge in [-0.2, -0.15) is 10.5 Å². The minimum absolute atomic E-state index is 0.0568. The highest BCUT2D eigenvalue weighted by molar-refractivity contribution is 7.99. The van der Waals surface area contributed by atoms with Gasteiger partial charge in [0.25, 0.3) is 0 Å². The van der Waals surface area contributed by atoms with Gasteiger partial charge >= 0.3 is 0 Å². The summed E-state index contributed by atoms with van der Waals surface area (Å²) in [4.78, 5) is 5.09. The highest BCUT2D eigenvalue weighted by atomic mass is 32.2. The lowest BCUT2D eigenvalue weighted by molar-refractivity contribution is 0.354. The van der Waals surface area contributed by atoms with Crippen LogP contribution in [-0.4, -0.2) is 19.2 Å². The number of nitriles is 2. The quantitative estimate of drug-likeness (QED) is 0.615. The Kier molecular flexibility index (Phi) is 5.77.